The topological polar surface area (TPSA) is 48.0 Å². The van der Waals surface area contributed by atoms with Gasteiger partial charge in [-0.3, -0.25) is 0 Å². The van der Waals surface area contributed by atoms with Crippen LogP contribution in [0, 0.1) is 46.3 Å². The zero-order valence-corrected chi connectivity index (χ0v) is 23.6. The molecule has 2 heterocycles. The van der Waals surface area contributed by atoms with Crippen molar-refractivity contribution in [1.82, 2.24) is 4.90 Å². The van der Waals surface area contributed by atoms with Crippen molar-refractivity contribution in [2.75, 3.05) is 20.2 Å². The number of carbonyl (C=O) groups excluding carboxylic acids is 1. The van der Waals surface area contributed by atoms with E-state index in [0.29, 0.717) is 35.8 Å². The Morgan fingerprint density at radius 1 is 1.14 bits per heavy atom. The van der Waals surface area contributed by atoms with Gasteiger partial charge in [-0.15, -0.1) is 0 Å². The van der Waals surface area contributed by atoms with E-state index in [1.807, 2.05) is 14.0 Å². The van der Waals surface area contributed by atoms with Gasteiger partial charge in [0.05, 0.1) is 12.7 Å². The molecule has 0 radical (unpaired) electrons. The van der Waals surface area contributed by atoms with E-state index in [9.17, 15) is 4.79 Å². The van der Waals surface area contributed by atoms with Crippen LogP contribution in [0.2, 0.25) is 0 Å². The third-order valence-electron chi connectivity index (χ3n) is 12.4. The monoisotopic (exact) mass is 499 g/mol. The number of amides is 1. The van der Waals surface area contributed by atoms with Crippen molar-refractivity contribution in [2.24, 2.45) is 46.3 Å². The van der Waals surface area contributed by atoms with Crippen LogP contribution in [-0.2, 0) is 14.2 Å². The van der Waals surface area contributed by atoms with Gasteiger partial charge in [-0.05, 0) is 92.3 Å². The Balaban J connectivity index is 1.19. The average Bonchev–Trinajstić information content (AvgIpc) is 3.30. The third kappa shape index (κ3) is 3.57. The van der Waals surface area contributed by atoms with Gasteiger partial charge in [0.15, 0.2) is 5.79 Å². The van der Waals surface area contributed by atoms with Crippen LogP contribution in [0.3, 0.4) is 0 Å². The van der Waals surface area contributed by atoms with Crippen molar-refractivity contribution in [1.29, 1.82) is 0 Å². The normalized spacial score (nSPS) is 51.6. The highest BCUT2D eigenvalue weighted by Crippen LogP contribution is 2.70. The summed E-state index contributed by atoms with van der Waals surface area (Å²) in [6.07, 6.45) is 13.2. The number of nitrogens with zero attached hydrogens (tertiary/aromatic N) is 1. The van der Waals surface area contributed by atoms with E-state index in [1.165, 1.54) is 32.1 Å². The first-order valence-corrected chi connectivity index (χ1v) is 15.0. The van der Waals surface area contributed by atoms with Gasteiger partial charge in [-0.25, -0.2) is 4.79 Å². The van der Waals surface area contributed by atoms with Gasteiger partial charge < -0.3 is 19.1 Å². The van der Waals surface area contributed by atoms with Gasteiger partial charge in [0.25, 0.3) is 0 Å². The van der Waals surface area contributed by atoms with Crippen LogP contribution in [0.4, 0.5) is 4.79 Å². The highest BCUT2D eigenvalue weighted by Gasteiger charge is 2.68. The van der Waals surface area contributed by atoms with E-state index in [1.54, 1.807) is 10.5 Å². The number of hydrogen-bond acceptors (Lipinski definition) is 4. The molecule has 2 saturated heterocycles. The fraction of sp³-hybridized carbons (Fsp3) is 0.903. The molecule has 0 aromatic rings. The first-order valence-electron chi connectivity index (χ1n) is 15.0. The summed E-state index contributed by atoms with van der Waals surface area (Å²) in [5, 5.41) is 0. The molecule has 11 atom stereocenters. The van der Waals surface area contributed by atoms with Gasteiger partial charge in [-0.1, -0.05) is 39.3 Å². The summed E-state index contributed by atoms with van der Waals surface area (Å²) in [6, 6.07) is 0. The first-order chi connectivity index (χ1) is 17.1. The number of fused-ring (bicyclic) bond motifs is 7. The molecule has 0 aromatic heterocycles. The molecular formula is C31H49NO4. The molecule has 36 heavy (non-hydrogen) atoms. The molecule has 6 rings (SSSR count). The Kier molecular flexibility index (Phi) is 6.11. The summed E-state index contributed by atoms with van der Waals surface area (Å²) in [4.78, 5) is 14.1. The molecular weight excluding hydrogens is 450 g/mol. The quantitative estimate of drug-likeness (QED) is 0.392. The SMILES string of the molecule is CCN(C)C(=O)O[C@H]1CC[C@@]2(C)C(=CC[C@H]3[C@@H]4C[C@@H]5O[C@]6(CC[C@@H](C)CO6)[C@@H](C)[C@@H]5[C@@]4(C)CC[C@@H]32)C1. The summed E-state index contributed by atoms with van der Waals surface area (Å²) in [5.74, 6) is 3.70. The van der Waals surface area contributed by atoms with E-state index in [-0.39, 0.29) is 23.4 Å². The van der Waals surface area contributed by atoms with Crippen molar-refractivity contribution >= 4 is 6.09 Å². The molecule has 5 fully saturated rings. The van der Waals surface area contributed by atoms with E-state index >= 15 is 0 Å². The minimum atomic E-state index is -0.319. The van der Waals surface area contributed by atoms with E-state index in [2.05, 4.69) is 33.8 Å². The predicted octanol–water partition coefficient (Wildman–Crippen LogP) is 6.81. The number of carbonyl (C=O) groups is 1. The summed E-state index contributed by atoms with van der Waals surface area (Å²) in [5.41, 5.74) is 2.19. The molecule has 6 aliphatic rings. The van der Waals surface area contributed by atoms with Crippen LogP contribution in [0.5, 0.6) is 0 Å². The molecule has 4 aliphatic carbocycles. The van der Waals surface area contributed by atoms with Gasteiger partial charge in [0, 0.05) is 32.4 Å². The smallest absolute Gasteiger partial charge is 0.409 e. The van der Waals surface area contributed by atoms with E-state index in [4.69, 9.17) is 14.2 Å². The second-order valence-electron chi connectivity index (χ2n) is 14.0. The second kappa shape index (κ2) is 8.73. The molecule has 1 amide bonds. The van der Waals surface area contributed by atoms with Crippen molar-refractivity contribution in [3.8, 4) is 0 Å². The summed E-state index contributed by atoms with van der Waals surface area (Å²) >= 11 is 0. The second-order valence-corrected chi connectivity index (χ2v) is 14.0. The lowest BCUT2D eigenvalue weighted by Crippen LogP contribution is -2.52. The van der Waals surface area contributed by atoms with E-state index in [0.717, 1.165) is 50.0 Å². The molecule has 5 nitrogen and oxygen atoms in total. The molecule has 0 N–H and O–H groups in total. The number of hydrogen-bond donors (Lipinski definition) is 0. The Hall–Kier alpha value is -1.07. The molecule has 202 valence electrons. The zero-order chi connectivity index (χ0) is 25.5. The van der Waals surface area contributed by atoms with Crippen LogP contribution in [0.15, 0.2) is 11.6 Å². The van der Waals surface area contributed by atoms with Gasteiger partial charge in [-0.2, -0.15) is 0 Å². The summed E-state index contributed by atoms with van der Waals surface area (Å²) in [6.45, 7) is 13.4. The highest BCUT2D eigenvalue weighted by atomic mass is 16.7. The third-order valence-corrected chi connectivity index (χ3v) is 12.4. The maximum atomic E-state index is 12.4. The largest absolute Gasteiger partial charge is 0.446 e. The Bertz CT molecular complexity index is 908. The molecule has 0 unspecified atom stereocenters. The lowest BCUT2D eigenvalue weighted by Gasteiger charge is -2.58. The molecule has 1 spiro atoms. The van der Waals surface area contributed by atoms with Crippen LogP contribution in [0.1, 0.15) is 92.4 Å². The Labute approximate surface area is 218 Å². The van der Waals surface area contributed by atoms with Crippen molar-refractivity contribution < 1.29 is 19.0 Å². The summed E-state index contributed by atoms with van der Waals surface area (Å²) in [7, 11) is 1.82. The maximum Gasteiger partial charge on any atom is 0.409 e. The maximum absolute atomic E-state index is 12.4. The van der Waals surface area contributed by atoms with Crippen molar-refractivity contribution in [2.45, 2.75) is 110 Å². The van der Waals surface area contributed by atoms with Crippen LogP contribution >= 0.6 is 0 Å². The summed E-state index contributed by atoms with van der Waals surface area (Å²) < 4.78 is 19.3. The minimum Gasteiger partial charge on any atom is -0.446 e. The standard InChI is InChI=1S/C31H49NO4/c1-7-32(6)28(33)35-22-11-13-29(4)21(16-22)8-9-23-24(29)12-14-30(5)25(23)17-26-27(30)20(3)31(36-26)15-10-19(2)18-34-31/h8,19-20,22-27H,7,9-18H2,1-6H3/t19-,20+,22+,23-,24+,25+,26+,27+,29+,30+,31-/m1/s1. The fourth-order valence-electron chi connectivity index (χ4n) is 10.1. The lowest BCUT2D eigenvalue weighted by atomic mass is 9.47. The van der Waals surface area contributed by atoms with Gasteiger partial charge in [0.2, 0.25) is 0 Å². The number of allylic oxidation sites excluding steroid dienone is 1. The van der Waals surface area contributed by atoms with Gasteiger partial charge >= 0.3 is 6.09 Å². The Morgan fingerprint density at radius 2 is 1.94 bits per heavy atom. The molecule has 0 aromatic carbocycles. The minimum absolute atomic E-state index is 0.0331. The molecule has 0 bridgehead atoms. The molecule has 2 aliphatic heterocycles. The van der Waals surface area contributed by atoms with Crippen LogP contribution in [-0.4, -0.2) is 49.2 Å². The lowest BCUT2D eigenvalue weighted by molar-refractivity contribution is -0.272. The highest BCUT2D eigenvalue weighted by molar-refractivity contribution is 5.67. The number of ether oxygens (including phenoxy) is 3. The molecule has 3 saturated carbocycles. The number of rotatable bonds is 2. The van der Waals surface area contributed by atoms with E-state index < -0.39 is 0 Å². The van der Waals surface area contributed by atoms with Crippen molar-refractivity contribution in [3.05, 3.63) is 11.6 Å². The average molecular weight is 500 g/mol. The first kappa shape index (κ1) is 25.2. The van der Waals surface area contributed by atoms with Crippen LogP contribution in [0.25, 0.3) is 0 Å². The fourth-order valence-corrected chi connectivity index (χ4v) is 10.1. The van der Waals surface area contributed by atoms with Crippen molar-refractivity contribution in [3.63, 3.8) is 0 Å². The zero-order valence-electron chi connectivity index (χ0n) is 23.6. The Morgan fingerprint density at radius 3 is 2.67 bits per heavy atom. The van der Waals surface area contributed by atoms with Crippen LogP contribution < -0.4 is 0 Å². The van der Waals surface area contributed by atoms with Gasteiger partial charge in [0.1, 0.15) is 6.10 Å². The predicted molar refractivity (Wildman–Crippen MR) is 140 cm³/mol. The molecule has 5 heteroatoms.